The summed E-state index contributed by atoms with van der Waals surface area (Å²) in [4.78, 5) is 23.2. The second-order valence-electron chi connectivity index (χ2n) is 7.97. The van der Waals surface area contributed by atoms with Crippen molar-refractivity contribution in [3.05, 3.63) is 59.7 Å². The molecule has 0 radical (unpaired) electrons. The summed E-state index contributed by atoms with van der Waals surface area (Å²) in [5.74, 6) is 2.34. The van der Waals surface area contributed by atoms with Crippen molar-refractivity contribution in [3.8, 4) is 17.1 Å². The molecule has 0 saturated carbocycles. The van der Waals surface area contributed by atoms with E-state index in [0.29, 0.717) is 31.8 Å². The number of pyridine rings is 1. The summed E-state index contributed by atoms with van der Waals surface area (Å²) in [7, 11) is 0. The predicted octanol–water partition coefficient (Wildman–Crippen LogP) is 2.51. The number of fused-ring (bicyclic) bond motifs is 1. The maximum absolute atomic E-state index is 12.3. The van der Waals surface area contributed by atoms with E-state index < -0.39 is 0 Å². The molecule has 1 unspecified atom stereocenters. The fraction of sp³-hybridized carbons (Fsp3) is 0.391. The van der Waals surface area contributed by atoms with Crippen LogP contribution in [0.4, 0.5) is 0 Å². The fourth-order valence-corrected chi connectivity index (χ4v) is 3.74. The van der Waals surface area contributed by atoms with Crippen molar-refractivity contribution >= 4 is 5.91 Å². The lowest BCUT2D eigenvalue weighted by Gasteiger charge is -2.21. The summed E-state index contributed by atoms with van der Waals surface area (Å²) in [6, 6.07) is 10.0. The Morgan fingerprint density at radius 1 is 1.35 bits per heavy atom. The first kappa shape index (κ1) is 21.0. The first-order valence-electron chi connectivity index (χ1n) is 10.6. The zero-order valence-corrected chi connectivity index (χ0v) is 18.0. The topological polar surface area (TPSA) is 96.0 Å². The van der Waals surface area contributed by atoms with Crippen molar-refractivity contribution in [2.24, 2.45) is 0 Å². The van der Waals surface area contributed by atoms with E-state index in [1.54, 1.807) is 12.4 Å². The summed E-state index contributed by atoms with van der Waals surface area (Å²) in [6.07, 6.45) is 4.58. The molecule has 0 aliphatic carbocycles. The summed E-state index contributed by atoms with van der Waals surface area (Å²) in [5, 5.41) is 10.1. The van der Waals surface area contributed by atoms with Gasteiger partial charge in [0.05, 0.1) is 0 Å². The second kappa shape index (κ2) is 9.70. The number of carbonyl (C=O) groups is 1. The lowest BCUT2D eigenvalue weighted by molar-refractivity contribution is -0.121. The molecule has 1 aliphatic rings. The van der Waals surface area contributed by atoms with Crippen molar-refractivity contribution in [1.29, 1.82) is 0 Å². The van der Waals surface area contributed by atoms with E-state index >= 15 is 0 Å². The van der Waals surface area contributed by atoms with Gasteiger partial charge in [0, 0.05) is 62.5 Å². The van der Waals surface area contributed by atoms with Gasteiger partial charge in [-0.25, -0.2) is 4.98 Å². The molecule has 1 atom stereocenters. The third-order valence-electron chi connectivity index (χ3n) is 5.24. The normalized spacial score (nSPS) is 16.3. The molecule has 8 nitrogen and oxygen atoms in total. The fourth-order valence-electron chi connectivity index (χ4n) is 3.74. The number of aromatic amines is 1. The Morgan fingerprint density at radius 3 is 3.10 bits per heavy atom. The number of hydrogen-bond acceptors (Lipinski definition) is 6. The third-order valence-corrected chi connectivity index (χ3v) is 5.24. The highest BCUT2D eigenvalue weighted by atomic mass is 16.5. The van der Waals surface area contributed by atoms with Crippen LogP contribution in [0.15, 0.2) is 42.7 Å². The van der Waals surface area contributed by atoms with Crippen LogP contribution < -0.4 is 10.1 Å². The lowest BCUT2D eigenvalue weighted by atomic mass is 10.1. The van der Waals surface area contributed by atoms with E-state index in [1.165, 1.54) is 11.1 Å². The van der Waals surface area contributed by atoms with E-state index in [2.05, 4.69) is 56.4 Å². The third kappa shape index (κ3) is 5.67. The molecule has 3 heterocycles. The molecule has 4 rings (SSSR count). The molecule has 8 heteroatoms. The SMILES string of the molecule is Cc1ccc2c(c1)CN(CCC(=O)NCCc1nc(-c3cccnc3)n[nH]1)CC(C)O2. The van der Waals surface area contributed by atoms with Crippen LogP contribution in [0.2, 0.25) is 0 Å². The number of benzene rings is 1. The van der Waals surface area contributed by atoms with Crippen molar-refractivity contribution in [2.75, 3.05) is 19.6 Å². The summed E-state index contributed by atoms with van der Waals surface area (Å²) in [5.41, 5.74) is 3.26. The Hall–Kier alpha value is -3.26. The molecule has 0 fully saturated rings. The molecule has 3 aromatic rings. The number of aromatic nitrogens is 4. The van der Waals surface area contributed by atoms with Crippen molar-refractivity contribution in [1.82, 2.24) is 30.4 Å². The Balaban J connectivity index is 1.23. The second-order valence-corrected chi connectivity index (χ2v) is 7.97. The minimum atomic E-state index is 0.0364. The molecule has 1 aliphatic heterocycles. The molecule has 2 aromatic heterocycles. The number of nitrogens with one attached hydrogen (secondary N) is 2. The standard InChI is InChI=1S/C23H28N6O2/c1-16-5-6-20-19(12-16)15-29(14-17(2)31-20)11-8-22(30)25-10-7-21-26-23(28-27-21)18-4-3-9-24-13-18/h3-6,9,12-13,17H,7-8,10-11,14-15H2,1-2H3,(H,25,30)(H,26,27,28). The van der Waals surface area contributed by atoms with Crippen LogP contribution in [0.5, 0.6) is 5.75 Å². The van der Waals surface area contributed by atoms with Crippen LogP contribution in [0.3, 0.4) is 0 Å². The van der Waals surface area contributed by atoms with E-state index in [0.717, 1.165) is 30.2 Å². The minimum absolute atomic E-state index is 0.0364. The molecular formula is C23H28N6O2. The van der Waals surface area contributed by atoms with Crippen molar-refractivity contribution in [2.45, 2.75) is 39.3 Å². The quantitative estimate of drug-likeness (QED) is 0.610. The van der Waals surface area contributed by atoms with Gasteiger partial charge in [-0.3, -0.25) is 19.8 Å². The van der Waals surface area contributed by atoms with Crippen LogP contribution >= 0.6 is 0 Å². The van der Waals surface area contributed by atoms with Gasteiger partial charge in [-0.15, -0.1) is 0 Å². The van der Waals surface area contributed by atoms with Gasteiger partial charge in [-0.05, 0) is 32.0 Å². The molecule has 1 aromatic carbocycles. The average molecular weight is 421 g/mol. The van der Waals surface area contributed by atoms with Gasteiger partial charge >= 0.3 is 0 Å². The van der Waals surface area contributed by atoms with E-state index in [9.17, 15) is 4.79 Å². The predicted molar refractivity (Wildman–Crippen MR) is 117 cm³/mol. The van der Waals surface area contributed by atoms with Gasteiger partial charge in [0.2, 0.25) is 5.91 Å². The van der Waals surface area contributed by atoms with Gasteiger partial charge in [0.25, 0.3) is 0 Å². The van der Waals surface area contributed by atoms with Gasteiger partial charge in [-0.2, -0.15) is 5.10 Å². The molecule has 31 heavy (non-hydrogen) atoms. The zero-order chi connectivity index (χ0) is 21.6. The first-order chi connectivity index (χ1) is 15.1. The number of hydrogen-bond donors (Lipinski definition) is 2. The molecule has 2 N–H and O–H groups in total. The van der Waals surface area contributed by atoms with Gasteiger partial charge in [-0.1, -0.05) is 17.7 Å². The van der Waals surface area contributed by atoms with Crippen LogP contribution in [0.1, 0.15) is 30.3 Å². The monoisotopic (exact) mass is 420 g/mol. The zero-order valence-electron chi connectivity index (χ0n) is 18.0. The number of amides is 1. The number of H-pyrrole nitrogens is 1. The van der Waals surface area contributed by atoms with Gasteiger partial charge in [0.1, 0.15) is 17.7 Å². The average Bonchev–Trinajstić information content (AvgIpc) is 3.17. The van der Waals surface area contributed by atoms with E-state index in [-0.39, 0.29) is 12.0 Å². The summed E-state index contributed by atoms with van der Waals surface area (Å²) >= 11 is 0. The number of ether oxygens (including phenoxy) is 1. The molecule has 162 valence electrons. The Bertz CT molecular complexity index is 1020. The molecule has 0 bridgehead atoms. The highest BCUT2D eigenvalue weighted by Gasteiger charge is 2.20. The molecular weight excluding hydrogens is 392 g/mol. The highest BCUT2D eigenvalue weighted by Crippen LogP contribution is 2.26. The Kier molecular flexibility index (Phi) is 6.57. The summed E-state index contributed by atoms with van der Waals surface area (Å²) in [6.45, 7) is 6.96. The van der Waals surface area contributed by atoms with Gasteiger partial charge < -0.3 is 10.1 Å². The van der Waals surface area contributed by atoms with Gasteiger partial charge in [0.15, 0.2) is 5.82 Å². The first-order valence-corrected chi connectivity index (χ1v) is 10.6. The Labute approximate surface area is 182 Å². The van der Waals surface area contributed by atoms with Crippen LogP contribution in [-0.4, -0.2) is 56.7 Å². The maximum Gasteiger partial charge on any atom is 0.221 e. The van der Waals surface area contributed by atoms with Crippen LogP contribution in [0, 0.1) is 6.92 Å². The number of carbonyl (C=O) groups excluding carboxylic acids is 1. The minimum Gasteiger partial charge on any atom is -0.489 e. The molecule has 1 amide bonds. The van der Waals surface area contributed by atoms with E-state index in [4.69, 9.17) is 4.74 Å². The van der Waals surface area contributed by atoms with Crippen molar-refractivity contribution < 1.29 is 9.53 Å². The van der Waals surface area contributed by atoms with Crippen molar-refractivity contribution in [3.63, 3.8) is 0 Å². The highest BCUT2D eigenvalue weighted by molar-refractivity contribution is 5.76. The number of nitrogens with zero attached hydrogens (tertiary/aromatic N) is 4. The number of aryl methyl sites for hydroxylation is 1. The lowest BCUT2D eigenvalue weighted by Crippen LogP contribution is -2.35. The summed E-state index contributed by atoms with van der Waals surface area (Å²) < 4.78 is 6.03. The largest absolute Gasteiger partial charge is 0.489 e. The van der Waals surface area contributed by atoms with Crippen LogP contribution in [0.25, 0.3) is 11.4 Å². The van der Waals surface area contributed by atoms with E-state index in [1.807, 2.05) is 18.2 Å². The Morgan fingerprint density at radius 2 is 2.26 bits per heavy atom. The number of rotatable bonds is 7. The molecule has 0 spiro atoms. The molecule has 0 saturated heterocycles. The maximum atomic E-state index is 12.3. The smallest absolute Gasteiger partial charge is 0.221 e. The van der Waals surface area contributed by atoms with Crippen LogP contribution in [-0.2, 0) is 17.8 Å².